The first-order valence-corrected chi connectivity index (χ1v) is 10.4. The summed E-state index contributed by atoms with van der Waals surface area (Å²) in [6.45, 7) is 7.09. The Hall–Kier alpha value is -2.33. The molecule has 1 aromatic heterocycles. The highest BCUT2D eigenvalue weighted by molar-refractivity contribution is 8.00. The topological polar surface area (TPSA) is 33.2 Å². The zero-order valence-electron chi connectivity index (χ0n) is 16.1. The average Bonchev–Trinajstić information content (AvgIpc) is 2.69. The molecule has 0 fully saturated rings. The molecule has 0 atom stereocenters. The number of aryl methyl sites for hydroxylation is 4. The molecule has 0 bridgehead atoms. The number of carbonyl (C=O) groups is 1. The molecule has 2 heterocycles. The van der Waals surface area contributed by atoms with Gasteiger partial charge in [0.15, 0.2) is 0 Å². The predicted octanol–water partition coefficient (Wildman–Crippen LogP) is 5.23. The Balaban J connectivity index is 1.56. The minimum Gasteiger partial charge on any atom is -0.311 e. The van der Waals surface area contributed by atoms with Crippen molar-refractivity contribution in [1.29, 1.82) is 0 Å². The molecule has 3 nitrogen and oxygen atoms in total. The van der Waals surface area contributed by atoms with Crippen LogP contribution in [0.4, 0.5) is 5.69 Å². The molecule has 0 N–H and O–H groups in total. The zero-order chi connectivity index (χ0) is 19.0. The van der Waals surface area contributed by atoms with Crippen LogP contribution < -0.4 is 4.90 Å². The number of amides is 1. The molecular weight excluding hydrogens is 352 g/mol. The molecule has 3 aromatic rings. The number of carbonyl (C=O) groups excluding carboxylic acids is 1. The van der Waals surface area contributed by atoms with E-state index in [1.807, 2.05) is 17.0 Å². The number of anilines is 1. The van der Waals surface area contributed by atoms with Crippen molar-refractivity contribution in [2.45, 2.75) is 38.6 Å². The summed E-state index contributed by atoms with van der Waals surface area (Å²) in [5.74, 6) is 0.577. The van der Waals surface area contributed by atoms with Gasteiger partial charge in [-0.1, -0.05) is 42.1 Å². The molecule has 0 radical (unpaired) electrons. The fourth-order valence-corrected chi connectivity index (χ4v) is 4.62. The summed E-state index contributed by atoms with van der Waals surface area (Å²) in [6, 6.07) is 14.7. The Bertz CT molecular complexity index is 1030. The van der Waals surface area contributed by atoms with Crippen LogP contribution in [-0.2, 0) is 11.2 Å². The summed E-state index contributed by atoms with van der Waals surface area (Å²) in [5.41, 5.74) is 6.93. The SMILES string of the molecule is Cc1cc2c(C)ccc(C)c2nc1SCC(=O)N1CCCc2ccccc21. The lowest BCUT2D eigenvalue weighted by molar-refractivity contribution is -0.116. The monoisotopic (exact) mass is 376 g/mol. The first kappa shape index (κ1) is 18.1. The smallest absolute Gasteiger partial charge is 0.237 e. The van der Waals surface area contributed by atoms with Gasteiger partial charge in [0, 0.05) is 17.6 Å². The average molecular weight is 377 g/mol. The number of nitrogens with zero attached hydrogens (tertiary/aromatic N) is 2. The van der Waals surface area contributed by atoms with E-state index in [4.69, 9.17) is 4.98 Å². The maximum absolute atomic E-state index is 12.9. The van der Waals surface area contributed by atoms with E-state index in [1.165, 1.54) is 22.1 Å². The molecule has 27 heavy (non-hydrogen) atoms. The van der Waals surface area contributed by atoms with Crippen molar-refractivity contribution < 1.29 is 4.79 Å². The van der Waals surface area contributed by atoms with Crippen LogP contribution in [0.3, 0.4) is 0 Å². The Morgan fingerprint density at radius 3 is 2.70 bits per heavy atom. The molecule has 1 amide bonds. The van der Waals surface area contributed by atoms with Crippen LogP contribution in [-0.4, -0.2) is 23.2 Å². The van der Waals surface area contributed by atoms with Gasteiger partial charge in [-0.2, -0.15) is 0 Å². The summed E-state index contributed by atoms with van der Waals surface area (Å²) in [7, 11) is 0. The molecule has 4 rings (SSSR count). The van der Waals surface area contributed by atoms with Crippen molar-refractivity contribution in [3.8, 4) is 0 Å². The van der Waals surface area contributed by atoms with Gasteiger partial charge in [0.05, 0.1) is 11.3 Å². The summed E-state index contributed by atoms with van der Waals surface area (Å²) in [5, 5.41) is 2.16. The van der Waals surface area contributed by atoms with Gasteiger partial charge < -0.3 is 4.90 Å². The number of aromatic nitrogens is 1. The number of benzene rings is 2. The molecule has 0 unspecified atom stereocenters. The number of hydrogen-bond donors (Lipinski definition) is 0. The summed E-state index contributed by atoms with van der Waals surface area (Å²) in [4.78, 5) is 19.7. The predicted molar refractivity (Wildman–Crippen MR) is 114 cm³/mol. The molecule has 0 saturated heterocycles. The van der Waals surface area contributed by atoms with Crippen molar-refractivity contribution in [2.24, 2.45) is 0 Å². The normalized spacial score (nSPS) is 13.7. The maximum atomic E-state index is 12.9. The number of hydrogen-bond acceptors (Lipinski definition) is 3. The van der Waals surface area contributed by atoms with Crippen LogP contribution in [0, 0.1) is 20.8 Å². The van der Waals surface area contributed by atoms with E-state index in [0.717, 1.165) is 41.2 Å². The van der Waals surface area contributed by atoms with E-state index in [9.17, 15) is 4.79 Å². The first-order chi connectivity index (χ1) is 13.0. The van der Waals surface area contributed by atoms with Crippen LogP contribution in [0.2, 0.25) is 0 Å². The second-order valence-corrected chi connectivity index (χ2v) is 8.24. The van der Waals surface area contributed by atoms with Crippen molar-refractivity contribution in [1.82, 2.24) is 4.98 Å². The van der Waals surface area contributed by atoms with E-state index in [2.05, 4.69) is 51.1 Å². The van der Waals surface area contributed by atoms with E-state index in [-0.39, 0.29) is 5.91 Å². The summed E-state index contributed by atoms with van der Waals surface area (Å²) < 4.78 is 0. The molecular formula is C23H24N2OS. The van der Waals surface area contributed by atoms with Crippen LogP contribution in [0.25, 0.3) is 10.9 Å². The third kappa shape index (κ3) is 3.46. The minimum absolute atomic E-state index is 0.161. The van der Waals surface area contributed by atoms with E-state index >= 15 is 0 Å². The van der Waals surface area contributed by atoms with Crippen molar-refractivity contribution >= 4 is 34.3 Å². The fraction of sp³-hybridized carbons (Fsp3) is 0.304. The first-order valence-electron chi connectivity index (χ1n) is 9.43. The van der Waals surface area contributed by atoms with Gasteiger partial charge in [-0.05, 0) is 68.0 Å². The highest BCUT2D eigenvalue weighted by Crippen LogP contribution is 2.30. The van der Waals surface area contributed by atoms with Gasteiger partial charge in [0.1, 0.15) is 5.03 Å². The van der Waals surface area contributed by atoms with E-state index in [0.29, 0.717) is 5.75 Å². The molecule has 0 spiro atoms. The summed E-state index contributed by atoms with van der Waals surface area (Å²) in [6.07, 6.45) is 2.08. The standard InChI is InChI=1S/C23H24N2OS/c1-15-10-11-16(2)22-19(15)13-17(3)23(24-22)27-14-21(26)25-12-6-8-18-7-4-5-9-20(18)25/h4-5,7,9-11,13H,6,8,12,14H2,1-3H3. The van der Waals surface area contributed by atoms with E-state index in [1.54, 1.807) is 11.8 Å². The number of pyridine rings is 1. The molecule has 4 heteroatoms. The van der Waals surface area contributed by atoms with Gasteiger partial charge >= 0.3 is 0 Å². The van der Waals surface area contributed by atoms with Gasteiger partial charge in [0.25, 0.3) is 0 Å². The molecule has 0 saturated carbocycles. The molecule has 1 aliphatic rings. The number of rotatable bonds is 3. The van der Waals surface area contributed by atoms with Crippen LogP contribution in [0.1, 0.15) is 28.7 Å². The Kier molecular flexibility index (Phi) is 4.92. The number of thioether (sulfide) groups is 1. The molecule has 2 aromatic carbocycles. The van der Waals surface area contributed by atoms with Gasteiger partial charge in [-0.25, -0.2) is 4.98 Å². The quantitative estimate of drug-likeness (QED) is 0.587. The fourth-order valence-electron chi connectivity index (χ4n) is 3.76. The van der Waals surface area contributed by atoms with Crippen molar-refractivity contribution in [2.75, 3.05) is 17.2 Å². The molecule has 0 aliphatic carbocycles. The Morgan fingerprint density at radius 2 is 1.85 bits per heavy atom. The minimum atomic E-state index is 0.161. The second-order valence-electron chi connectivity index (χ2n) is 7.27. The van der Waals surface area contributed by atoms with Crippen molar-refractivity contribution in [3.63, 3.8) is 0 Å². The third-order valence-corrected chi connectivity index (χ3v) is 6.37. The highest BCUT2D eigenvalue weighted by Gasteiger charge is 2.22. The lowest BCUT2D eigenvalue weighted by Gasteiger charge is -2.29. The van der Waals surface area contributed by atoms with Crippen LogP contribution in [0.15, 0.2) is 47.5 Å². The van der Waals surface area contributed by atoms with Gasteiger partial charge in [-0.15, -0.1) is 0 Å². The van der Waals surface area contributed by atoms with Crippen molar-refractivity contribution in [3.05, 3.63) is 64.7 Å². The van der Waals surface area contributed by atoms with E-state index < -0.39 is 0 Å². The lowest BCUT2D eigenvalue weighted by Crippen LogP contribution is -2.36. The zero-order valence-corrected chi connectivity index (χ0v) is 16.9. The molecule has 138 valence electrons. The number of para-hydroxylation sites is 1. The van der Waals surface area contributed by atoms with Gasteiger partial charge in [-0.3, -0.25) is 4.79 Å². The largest absolute Gasteiger partial charge is 0.311 e. The van der Waals surface area contributed by atoms with Crippen LogP contribution >= 0.6 is 11.8 Å². The number of fused-ring (bicyclic) bond motifs is 2. The highest BCUT2D eigenvalue weighted by atomic mass is 32.2. The third-order valence-electron chi connectivity index (χ3n) is 5.29. The van der Waals surface area contributed by atoms with Crippen LogP contribution in [0.5, 0.6) is 0 Å². The Labute approximate surface area is 164 Å². The summed E-state index contributed by atoms with van der Waals surface area (Å²) >= 11 is 1.55. The van der Waals surface area contributed by atoms with Gasteiger partial charge in [0.2, 0.25) is 5.91 Å². The lowest BCUT2D eigenvalue weighted by atomic mass is 10.0. The molecule has 1 aliphatic heterocycles. The second kappa shape index (κ2) is 7.35. The maximum Gasteiger partial charge on any atom is 0.237 e. The Morgan fingerprint density at radius 1 is 1.07 bits per heavy atom.